The van der Waals surface area contributed by atoms with E-state index in [1.165, 1.54) is 18.3 Å². The third-order valence-electron chi connectivity index (χ3n) is 3.26. The molecule has 8 heteroatoms. The van der Waals surface area contributed by atoms with Gasteiger partial charge in [0.25, 0.3) is 0 Å². The van der Waals surface area contributed by atoms with Crippen molar-refractivity contribution in [3.8, 4) is 11.3 Å². The van der Waals surface area contributed by atoms with Crippen molar-refractivity contribution in [1.82, 2.24) is 4.98 Å². The third kappa shape index (κ3) is 5.30. The minimum absolute atomic E-state index is 0. The number of amides is 2. The minimum atomic E-state index is -0.556. The Morgan fingerprint density at radius 2 is 1.79 bits per heavy atom. The fourth-order valence-electron chi connectivity index (χ4n) is 1.88. The van der Waals surface area contributed by atoms with Crippen LogP contribution in [0.5, 0.6) is 0 Å². The SMILES string of the molecule is CC(=O)Nc1ccc(-c2csc(NC(=O)[C@@H](N)C(C)C)n2)cc1.Cl. The lowest BCUT2D eigenvalue weighted by molar-refractivity contribution is -0.118. The van der Waals surface area contributed by atoms with Crippen molar-refractivity contribution in [2.75, 3.05) is 10.6 Å². The highest BCUT2D eigenvalue weighted by Gasteiger charge is 2.18. The molecule has 1 aromatic carbocycles. The maximum absolute atomic E-state index is 11.9. The molecular formula is C16H21ClN4O2S. The first-order chi connectivity index (χ1) is 10.9. The summed E-state index contributed by atoms with van der Waals surface area (Å²) in [5.41, 5.74) is 8.21. The Bertz CT molecular complexity index is 700. The molecule has 4 N–H and O–H groups in total. The summed E-state index contributed by atoms with van der Waals surface area (Å²) in [5.74, 6) is -0.282. The highest BCUT2D eigenvalue weighted by molar-refractivity contribution is 7.14. The fourth-order valence-corrected chi connectivity index (χ4v) is 2.61. The van der Waals surface area contributed by atoms with Crippen LogP contribution in [0.25, 0.3) is 11.3 Å². The number of carbonyl (C=O) groups is 2. The largest absolute Gasteiger partial charge is 0.326 e. The van der Waals surface area contributed by atoms with Crippen LogP contribution < -0.4 is 16.4 Å². The van der Waals surface area contributed by atoms with Crippen molar-refractivity contribution >= 4 is 46.4 Å². The molecule has 1 heterocycles. The van der Waals surface area contributed by atoms with Crippen LogP contribution in [0.4, 0.5) is 10.8 Å². The van der Waals surface area contributed by atoms with Crippen LogP contribution in [-0.2, 0) is 9.59 Å². The van der Waals surface area contributed by atoms with Gasteiger partial charge in [-0.25, -0.2) is 4.98 Å². The van der Waals surface area contributed by atoms with Gasteiger partial charge in [0.05, 0.1) is 11.7 Å². The number of benzene rings is 1. The van der Waals surface area contributed by atoms with Gasteiger partial charge in [-0.2, -0.15) is 0 Å². The Hall–Kier alpha value is -1.96. The molecule has 6 nitrogen and oxygen atoms in total. The van der Waals surface area contributed by atoms with E-state index < -0.39 is 6.04 Å². The lowest BCUT2D eigenvalue weighted by Crippen LogP contribution is -2.39. The van der Waals surface area contributed by atoms with Gasteiger partial charge in [0.2, 0.25) is 11.8 Å². The van der Waals surface area contributed by atoms with Crippen molar-refractivity contribution in [3.05, 3.63) is 29.6 Å². The van der Waals surface area contributed by atoms with Gasteiger partial charge in [0.15, 0.2) is 5.13 Å². The van der Waals surface area contributed by atoms with Crippen molar-refractivity contribution < 1.29 is 9.59 Å². The van der Waals surface area contributed by atoms with Crippen molar-refractivity contribution in [3.63, 3.8) is 0 Å². The number of carbonyl (C=O) groups excluding carboxylic acids is 2. The van der Waals surface area contributed by atoms with Crippen LogP contribution >= 0.6 is 23.7 Å². The number of halogens is 1. The molecule has 130 valence electrons. The first-order valence-electron chi connectivity index (χ1n) is 7.27. The summed E-state index contributed by atoms with van der Waals surface area (Å²) < 4.78 is 0. The molecule has 0 fully saturated rings. The number of rotatable bonds is 5. The predicted octanol–water partition coefficient (Wildman–Crippen LogP) is 3.11. The van der Waals surface area contributed by atoms with Crippen LogP contribution in [0.15, 0.2) is 29.6 Å². The summed E-state index contributed by atoms with van der Waals surface area (Å²) >= 11 is 1.35. The second-order valence-corrected chi connectivity index (χ2v) is 6.41. The zero-order chi connectivity index (χ0) is 17.0. The molecule has 0 unspecified atom stereocenters. The predicted molar refractivity (Wildman–Crippen MR) is 101 cm³/mol. The maximum atomic E-state index is 11.9. The Kier molecular flexibility index (Phi) is 7.34. The van der Waals surface area contributed by atoms with Gasteiger partial charge in [0.1, 0.15) is 0 Å². The second kappa shape index (κ2) is 8.77. The zero-order valence-electron chi connectivity index (χ0n) is 13.7. The van der Waals surface area contributed by atoms with Crippen LogP contribution in [0.2, 0.25) is 0 Å². The molecule has 1 atom stereocenters. The number of hydrogen-bond donors (Lipinski definition) is 3. The summed E-state index contributed by atoms with van der Waals surface area (Å²) in [7, 11) is 0. The lowest BCUT2D eigenvalue weighted by atomic mass is 10.1. The molecule has 24 heavy (non-hydrogen) atoms. The fraction of sp³-hybridized carbons (Fsp3) is 0.312. The van der Waals surface area contributed by atoms with Gasteiger partial charge in [-0.3, -0.25) is 9.59 Å². The molecule has 0 saturated heterocycles. The van der Waals surface area contributed by atoms with Crippen molar-refractivity contribution in [1.29, 1.82) is 0 Å². The van der Waals surface area contributed by atoms with E-state index in [2.05, 4.69) is 15.6 Å². The van der Waals surface area contributed by atoms with Crippen LogP contribution in [-0.4, -0.2) is 22.8 Å². The first-order valence-corrected chi connectivity index (χ1v) is 8.15. The molecular weight excluding hydrogens is 348 g/mol. The van der Waals surface area contributed by atoms with Gasteiger partial charge in [0, 0.05) is 23.6 Å². The average molecular weight is 369 g/mol. The second-order valence-electron chi connectivity index (χ2n) is 5.56. The number of nitrogens with zero attached hydrogens (tertiary/aromatic N) is 1. The number of anilines is 2. The first kappa shape index (κ1) is 20.1. The molecule has 2 amide bonds. The Balaban J connectivity index is 0.00000288. The van der Waals surface area contributed by atoms with E-state index in [9.17, 15) is 9.59 Å². The van der Waals surface area contributed by atoms with E-state index in [1.54, 1.807) is 0 Å². The van der Waals surface area contributed by atoms with E-state index in [1.807, 2.05) is 43.5 Å². The third-order valence-corrected chi connectivity index (χ3v) is 4.01. The van der Waals surface area contributed by atoms with E-state index in [0.29, 0.717) is 5.13 Å². The number of hydrogen-bond acceptors (Lipinski definition) is 5. The Morgan fingerprint density at radius 3 is 2.33 bits per heavy atom. The molecule has 0 radical (unpaired) electrons. The molecule has 0 spiro atoms. The standard InChI is InChI=1S/C16H20N4O2S.ClH/c1-9(2)14(17)15(22)20-16-19-13(8-23-16)11-4-6-12(7-5-11)18-10(3)21;/h4-9,14H,17H2,1-3H3,(H,18,21)(H,19,20,22);1H/t14-;/m0./s1. The summed E-state index contributed by atoms with van der Waals surface area (Å²) in [4.78, 5) is 27.3. The highest BCUT2D eigenvalue weighted by Crippen LogP contribution is 2.26. The molecule has 0 aliphatic rings. The van der Waals surface area contributed by atoms with E-state index in [-0.39, 0.29) is 30.1 Å². The molecule has 1 aromatic heterocycles. The van der Waals surface area contributed by atoms with E-state index in [0.717, 1.165) is 16.9 Å². The molecule has 2 aromatic rings. The molecule has 0 saturated carbocycles. The average Bonchev–Trinajstić information content (AvgIpc) is 2.94. The van der Waals surface area contributed by atoms with Gasteiger partial charge >= 0.3 is 0 Å². The zero-order valence-corrected chi connectivity index (χ0v) is 15.3. The Morgan fingerprint density at radius 1 is 1.17 bits per heavy atom. The lowest BCUT2D eigenvalue weighted by Gasteiger charge is -2.13. The van der Waals surface area contributed by atoms with Gasteiger partial charge in [-0.05, 0) is 18.1 Å². The summed E-state index contributed by atoms with van der Waals surface area (Å²) in [6.45, 7) is 5.26. The van der Waals surface area contributed by atoms with Crippen LogP contribution in [0.1, 0.15) is 20.8 Å². The van der Waals surface area contributed by atoms with Gasteiger partial charge in [-0.15, -0.1) is 23.7 Å². The maximum Gasteiger partial charge on any atom is 0.243 e. The van der Waals surface area contributed by atoms with E-state index in [4.69, 9.17) is 5.73 Å². The van der Waals surface area contributed by atoms with E-state index >= 15 is 0 Å². The summed E-state index contributed by atoms with van der Waals surface area (Å²) in [6.07, 6.45) is 0. The molecule has 2 rings (SSSR count). The molecule has 0 bridgehead atoms. The van der Waals surface area contributed by atoms with Crippen molar-refractivity contribution in [2.45, 2.75) is 26.8 Å². The summed E-state index contributed by atoms with van der Waals surface area (Å²) in [6, 6.07) is 6.79. The number of nitrogens with two attached hydrogens (primary N) is 1. The van der Waals surface area contributed by atoms with Gasteiger partial charge < -0.3 is 16.4 Å². The smallest absolute Gasteiger partial charge is 0.243 e. The summed E-state index contributed by atoms with van der Waals surface area (Å²) in [5, 5.41) is 7.83. The minimum Gasteiger partial charge on any atom is -0.326 e. The van der Waals surface area contributed by atoms with Crippen molar-refractivity contribution in [2.24, 2.45) is 11.7 Å². The molecule has 0 aliphatic heterocycles. The number of thiazole rings is 1. The topological polar surface area (TPSA) is 97.1 Å². The molecule has 0 aliphatic carbocycles. The van der Waals surface area contributed by atoms with Gasteiger partial charge in [-0.1, -0.05) is 26.0 Å². The quantitative estimate of drug-likeness (QED) is 0.755. The van der Waals surface area contributed by atoms with Crippen LogP contribution in [0.3, 0.4) is 0 Å². The normalized spacial score (nSPS) is 11.5. The highest BCUT2D eigenvalue weighted by atomic mass is 35.5. The number of nitrogens with one attached hydrogen (secondary N) is 2. The Labute approximate surface area is 151 Å². The monoisotopic (exact) mass is 368 g/mol. The number of aromatic nitrogens is 1. The van der Waals surface area contributed by atoms with Crippen LogP contribution in [0, 0.1) is 5.92 Å².